The minimum Gasteiger partial charge on any atom is -0.351 e. The number of nitrogens with one attached hydrogen (secondary N) is 1. The van der Waals surface area contributed by atoms with Crippen LogP contribution < -0.4 is 16.6 Å². The highest BCUT2D eigenvalue weighted by molar-refractivity contribution is 5.91. The molecule has 1 N–H and O–H groups in total. The van der Waals surface area contributed by atoms with Crippen molar-refractivity contribution >= 4 is 12.0 Å². The standard InChI is InChI=1S/C21H28N4O3/c1-6-15-7-9-16(10-8-15)18(23(2)3)13-22-19(26)12-11-17-14-24(4)21(28)25(5)20(17)27/h7-12,14,18H,6,13H2,1-5H3,(H,22,26)/b12-11+. The summed E-state index contributed by atoms with van der Waals surface area (Å²) >= 11 is 0. The lowest BCUT2D eigenvalue weighted by Gasteiger charge is -2.25. The Morgan fingerprint density at radius 3 is 2.39 bits per heavy atom. The molecule has 0 aliphatic heterocycles. The van der Waals surface area contributed by atoms with Crippen molar-refractivity contribution < 1.29 is 4.79 Å². The first-order valence-corrected chi connectivity index (χ1v) is 9.22. The molecule has 7 nitrogen and oxygen atoms in total. The zero-order chi connectivity index (χ0) is 20.8. The molecule has 1 heterocycles. The van der Waals surface area contributed by atoms with Gasteiger partial charge in [-0.25, -0.2) is 4.79 Å². The second-order valence-electron chi connectivity index (χ2n) is 7.00. The van der Waals surface area contributed by atoms with Crippen molar-refractivity contribution in [2.45, 2.75) is 19.4 Å². The van der Waals surface area contributed by atoms with Gasteiger partial charge in [0.05, 0.1) is 11.6 Å². The van der Waals surface area contributed by atoms with Gasteiger partial charge in [0, 0.05) is 32.9 Å². The number of carbonyl (C=O) groups is 1. The Balaban J connectivity index is 2.08. The Morgan fingerprint density at radius 2 is 1.82 bits per heavy atom. The average molecular weight is 384 g/mol. The first kappa shape index (κ1) is 21.4. The molecule has 1 unspecified atom stereocenters. The maximum Gasteiger partial charge on any atom is 0.330 e. The fourth-order valence-corrected chi connectivity index (χ4v) is 2.95. The first-order valence-electron chi connectivity index (χ1n) is 9.22. The van der Waals surface area contributed by atoms with E-state index < -0.39 is 11.2 Å². The van der Waals surface area contributed by atoms with Crippen molar-refractivity contribution in [2.24, 2.45) is 14.1 Å². The number of hydrogen-bond donors (Lipinski definition) is 1. The van der Waals surface area contributed by atoms with Crippen LogP contribution in [0.15, 0.2) is 46.1 Å². The zero-order valence-corrected chi connectivity index (χ0v) is 17.1. The molecule has 7 heteroatoms. The van der Waals surface area contributed by atoms with Gasteiger partial charge in [-0.2, -0.15) is 0 Å². The quantitative estimate of drug-likeness (QED) is 0.725. The Labute approximate surface area is 164 Å². The summed E-state index contributed by atoms with van der Waals surface area (Å²) in [5.74, 6) is -0.298. The number of benzene rings is 1. The van der Waals surface area contributed by atoms with Gasteiger partial charge in [-0.05, 0) is 37.7 Å². The van der Waals surface area contributed by atoms with Gasteiger partial charge in [-0.15, -0.1) is 0 Å². The van der Waals surface area contributed by atoms with Crippen LogP contribution in [-0.2, 0) is 25.3 Å². The molecular weight excluding hydrogens is 356 g/mol. The third kappa shape index (κ3) is 5.07. The molecule has 0 saturated carbocycles. The van der Waals surface area contributed by atoms with Gasteiger partial charge in [0.25, 0.3) is 5.56 Å². The Kier molecular flexibility index (Phi) is 7.12. The second-order valence-corrected chi connectivity index (χ2v) is 7.00. The van der Waals surface area contributed by atoms with Crippen molar-refractivity contribution in [3.8, 4) is 0 Å². The van der Waals surface area contributed by atoms with Crippen LogP contribution in [-0.4, -0.2) is 40.6 Å². The van der Waals surface area contributed by atoms with Crippen LogP contribution in [0, 0.1) is 0 Å². The maximum absolute atomic E-state index is 12.2. The Bertz CT molecular complexity index is 969. The lowest BCUT2D eigenvalue weighted by molar-refractivity contribution is -0.116. The highest BCUT2D eigenvalue weighted by Crippen LogP contribution is 2.18. The highest BCUT2D eigenvalue weighted by atomic mass is 16.2. The van der Waals surface area contributed by atoms with Gasteiger partial charge < -0.3 is 14.8 Å². The molecule has 1 aromatic carbocycles. The molecule has 28 heavy (non-hydrogen) atoms. The highest BCUT2D eigenvalue weighted by Gasteiger charge is 2.14. The number of carbonyl (C=O) groups excluding carboxylic acids is 1. The molecular formula is C21H28N4O3. The molecule has 0 saturated heterocycles. The fraction of sp³-hybridized carbons (Fsp3) is 0.381. The summed E-state index contributed by atoms with van der Waals surface area (Å²) in [5.41, 5.74) is 1.83. The van der Waals surface area contributed by atoms with E-state index in [0.717, 1.165) is 16.6 Å². The van der Waals surface area contributed by atoms with Crippen LogP contribution >= 0.6 is 0 Å². The van der Waals surface area contributed by atoms with Crippen LogP contribution in [0.1, 0.15) is 29.7 Å². The SMILES string of the molecule is CCc1ccc(C(CNC(=O)/C=C/c2cn(C)c(=O)n(C)c2=O)N(C)C)cc1. The number of likely N-dealkylation sites (N-methyl/N-ethyl adjacent to an activating group) is 1. The van der Waals surface area contributed by atoms with Crippen LogP contribution in [0.5, 0.6) is 0 Å². The molecule has 2 aromatic rings. The smallest absolute Gasteiger partial charge is 0.330 e. The van der Waals surface area contributed by atoms with E-state index in [9.17, 15) is 14.4 Å². The van der Waals surface area contributed by atoms with Crippen molar-refractivity contribution in [3.05, 3.63) is 74.1 Å². The average Bonchev–Trinajstić information content (AvgIpc) is 2.68. The molecule has 0 aliphatic carbocycles. The van der Waals surface area contributed by atoms with Crippen molar-refractivity contribution in [1.82, 2.24) is 19.4 Å². The first-order chi connectivity index (χ1) is 13.2. The molecule has 1 aromatic heterocycles. The number of rotatable bonds is 7. The minimum atomic E-state index is -0.436. The third-order valence-corrected chi connectivity index (χ3v) is 4.75. The van der Waals surface area contributed by atoms with Crippen LogP contribution in [0.25, 0.3) is 6.08 Å². The number of amides is 1. The fourth-order valence-electron chi connectivity index (χ4n) is 2.95. The van der Waals surface area contributed by atoms with Gasteiger partial charge in [0.1, 0.15) is 0 Å². The van der Waals surface area contributed by atoms with E-state index >= 15 is 0 Å². The van der Waals surface area contributed by atoms with E-state index in [4.69, 9.17) is 0 Å². The normalized spacial score (nSPS) is 12.5. The molecule has 0 aliphatic rings. The van der Waals surface area contributed by atoms with E-state index in [0.29, 0.717) is 6.54 Å². The van der Waals surface area contributed by atoms with E-state index in [1.165, 1.54) is 35.5 Å². The number of nitrogens with zero attached hydrogens (tertiary/aromatic N) is 3. The van der Waals surface area contributed by atoms with E-state index in [-0.39, 0.29) is 17.5 Å². The summed E-state index contributed by atoms with van der Waals surface area (Å²) in [5, 5.41) is 2.88. The van der Waals surface area contributed by atoms with Crippen molar-refractivity contribution in [3.63, 3.8) is 0 Å². The van der Waals surface area contributed by atoms with E-state index in [1.807, 2.05) is 19.0 Å². The van der Waals surface area contributed by atoms with Crippen molar-refractivity contribution in [1.29, 1.82) is 0 Å². The Hall–Kier alpha value is -2.93. The van der Waals surface area contributed by atoms with Gasteiger partial charge in [0.2, 0.25) is 5.91 Å². The van der Waals surface area contributed by atoms with Gasteiger partial charge in [0.15, 0.2) is 0 Å². The lowest BCUT2D eigenvalue weighted by Crippen LogP contribution is -2.37. The number of hydrogen-bond acceptors (Lipinski definition) is 4. The van der Waals surface area contributed by atoms with Crippen LogP contribution in [0.3, 0.4) is 0 Å². The van der Waals surface area contributed by atoms with Gasteiger partial charge in [-0.3, -0.25) is 14.2 Å². The van der Waals surface area contributed by atoms with Crippen LogP contribution in [0.2, 0.25) is 0 Å². The molecule has 150 valence electrons. The predicted octanol–water partition coefficient (Wildman–Crippen LogP) is 1.08. The molecule has 0 bridgehead atoms. The van der Waals surface area contributed by atoms with Gasteiger partial charge >= 0.3 is 5.69 Å². The summed E-state index contributed by atoms with van der Waals surface area (Å²) in [6, 6.07) is 8.40. The summed E-state index contributed by atoms with van der Waals surface area (Å²) in [4.78, 5) is 38.1. The molecule has 0 radical (unpaired) electrons. The molecule has 1 atom stereocenters. The summed E-state index contributed by atoms with van der Waals surface area (Å²) < 4.78 is 2.32. The van der Waals surface area contributed by atoms with Gasteiger partial charge in [-0.1, -0.05) is 31.2 Å². The molecule has 1 amide bonds. The Morgan fingerprint density at radius 1 is 1.18 bits per heavy atom. The summed E-state index contributed by atoms with van der Waals surface area (Å²) in [6.07, 6.45) is 5.15. The third-order valence-electron chi connectivity index (χ3n) is 4.75. The topological polar surface area (TPSA) is 76.3 Å². The lowest BCUT2D eigenvalue weighted by atomic mass is 10.0. The maximum atomic E-state index is 12.2. The van der Waals surface area contributed by atoms with Crippen LogP contribution in [0.4, 0.5) is 0 Å². The van der Waals surface area contributed by atoms with E-state index in [2.05, 4.69) is 36.5 Å². The summed E-state index contributed by atoms with van der Waals surface area (Å²) in [7, 11) is 6.90. The molecule has 2 rings (SSSR count). The zero-order valence-electron chi connectivity index (χ0n) is 17.1. The predicted molar refractivity (Wildman–Crippen MR) is 111 cm³/mol. The summed E-state index contributed by atoms with van der Waals surface area (Å²) in [6.45, 7) is 2.55. The molecule has 0 spiro atoms. The number of aromatic nitrogens is 2. The minimum absolute atomic E-state index is 0.0358. The molecule has 0 fully saturated rings. The monoisotopic (exact) mass is 384 g/mol. The van der Waals surface area contributed by atoms with E-state index in [1.54, 1.807) is 7.05 Å². The number of aryl methyl sites for hydroxylation is 2. The second kappa shape index (κ2) is 9.32. The largest absolute Gasteiger partial charge is 0.351 e. The van der Waals surface area contributed by atoms with Crippen molar-refractivity contribution in [2.75, 3.05) is 20.6 Å².